The van der Waals surface area contributed by atoms with Crippen molar-refractivity contribution in [3.05, 3.63) is 35.1 Å². The molecule has 0 aromatic heterocycles. The summed E-state index contributed by atoms with van der Waals surface area (Å²) < 4.78 is 19.0. The van der Waals surface area contributed by atoms with Gasteiger partial charge in [-0.2, -0.15) is 0 Å². The molecule has 2 fully saturated rings. The number of rotatable bonds is 5. The van der Waals surface area contributed by atoms with E-state index in [1.807, 2.05) is 11.8 Å². The lowest BCUT2D eigenvalue weighted by atomic mass is 10.1. The molecule has 2 N–H and O–H groups in total. The molecule has 1 atom stereocenters. The molecule has 0 saturated carbocycles. The number of guanidine groups is 1. The van der Waals surface area contributed by atoms with Crippen LogP contribution in [0.25, 0.3) is 0 Å². The van der Waals surface area contributed by atoms with Gasteiger partial charge < -0.3 is 25.0 Å². The quantitative estimate of drug-likeness (QED) is 0.580. The summed E-state index contributed by atoms with van der Waals surface area (Å²) in [7, 11) is 0. The van der Waals surface area contributed by atoms with Gasteiger partial charge in [0.2, 0.25) is 0 Å². The van der Waals surface area contributed by atoms with Crippen LogP contribution in [0.3, 0.4) is 0 Å². The molecule has 0 bridgehead atoms. The largest absolute Gasteiger partial charge is 0.392 e. The minimum Gasteiger partial charge on any atom is -0.392 e. The van der Waals surface area contributed by atoms with E-state index in [2.05, 4.69) is 15.2 Å². The fourth-order valence-corrected chi connectivity index (χ4v) is 3.55. The Balaban J connectivity index is 1.59. The third-order valence-corrected chi connectivity index (χ3v) is 5.12. The van der Waals surface area contributed by atoms with Crippen LogP contribution >= 0.6 is 0 Å². The van der Waals surface area contributed by atoms with Crippen molar-refractivity contribution in [2.45, 2.75) is 39.0 Å². The van der Waals surface area contributed by atoms with Crippen molar-refractivity contribution in [2.75, 3.05) is 39.3 Å². The van der Waals surface area contributed by atoms with E-state index in [9.17, 15) is 14.3 Å². The summed E-state index contributed by atoms with van der Waals surface area (Å²) in [4.78, 5) is 21.2. The summed E-state index contributed by atoms with van der Waals surface area (Å²) in [5, 5.41) is 12.5. The number of nitrogens with one attached hydrogen (secondary N) is 1. The van der Waals surface area contributed by atoms with E-state index in [-0.39, 0.29) is 24.2 Å². The molecular weight excluding hydrogens is 363 g/mol. The maximum atomic E-state index is 13.5. The molecule has 2 saturated heterocycles. The summed E-state index contributed by atoms with van der Waals surface area (Å²) in [5.74, 6) is 0.470. The predicted molar refractivity (Wildman–Crippen MR) is 104 cm³/mol. The summed E-state index contributed by atoms with van der Waals surface area (Å²) in [5.41, 5.74) is 1.12. The number of aliphatic hydroxyl groups is 1. The van der Waals surface area contributed by atoms with Gasteiger partial charge in [-0.05, 0) is 37.5 Å². The van der Waals surface area contributed by atoms with Crippen molar-refractivity contribution >= 4 is 11.9 Å². The molecule has 1 aromatic carbocycles. The molecule has 2 aliphatic rings. The first-order valence-corrected chi connectivity index (χ1v) is 9.94. The second-order valence-electron chi connectivity index (χ2n) is 7.07. The molecule has 7 nitrogen and oxygen atoms in total. The highest BCUT2D eigenvalue weighted by molar-refractivity contribution is 5.82. The first kappa shape index (κ1) is 20.5. The van der Waals surface area contributed by atoms with Crippen molar-refractivity contribution < 1.29 is 19.0 Å². The Morgan fingerprint density at radius 1 is 1.32 bits per heavy atom. The van der Waals surface area contributed by atoms with Crippen molar-refractivity contribution in [3.63, 3.8) is 0 Å². The van der Waals surface area contributed by atoms with Crippen LogP contribution in [0, 0.1) is 5.82 Å². The zero-order valence-corrected chi connectivity index (χ0v) is 16.4. The van der Waals surface area contributed by atoms with Crippen LogP contribution in [-0.4, -0.2) is 72.2 Å². The maximum absolute atomic E-state index is 13.5. The van der Waals surface area contributed by atoms with E-state index in [0.717, 1.165) is 30.9 Å². The van der Waals surface area contributed by atoms with E-state index in [4.69, 9.17) is 4.74 Å². The molecule has 0 radical (unpaired) electrons. The number of ether oxygens (including phenoxy) is 1. The van der Waals surface area contributed by atoms with E-state index in [0.29, 0.717) is 39.3 Å². The summed E-state index contributed by atoms with van der Waals surface area (Å²) >= 11 is 0. The zero-order chi connectivity index (χ0) is 19.9. The van der Waals surface area contributed by atoms with Crippen molar-refractivity contribution in [1.29, 1.82) is 0 Å². The number of benzene rings is 1. The van der Waals surface area contributed by atoms with Crippen molar-refractivity contribution in [2.24, 2.45) is 4.99 Å². The highest BCUT2D eigenvalue weighted by Gasteiger charge is 2.30. The first-order valence-electron chi connectivity index (χ1n) is 9.94. The van der Waals surface area contributed by atoms with Crippen LogP contribution in [-0.2, 0) is 22.7 Å². The number of aliphatic imine (C=N–C) groups is 1. The topological polar surface area (TPSA) is 77.4 Å². The molecule has 1 amide bonds. The van der Waals surface area contributed by atoms with Crippen molar-refractivity contribution in [1.82, 2.24) is 15.1 Å². The van der Waals surface area contributed by atoms with Crippen LogP contribution in [0.15, 0.2) is 23.2 Å². The number of piperazine rings is 1. The van der Waals surface area contributed by atoms with Gasteiger partial charge in [0, 0.05) is 44.9 Å². The van der Waals surface area contributed by atoms with Crippen LogP contribution in [0.1, 0.15) is 30.9 Å². The molecule has 2 heterocycles. The minimum absolute atomic E-state index is 0.0990. The molecule has 3 rings (SSSR count). The predicted octanol–water partition coefficient (Wildman–Crippen LogP) is 1.11. The molecule has 8 heteroatoms. The normalized spacial score (nSPS) is 20.5. The highest BCUT2D eigenvalue weighted by Crippen LogP contribution is 2.16. The third kappa shape index (κ3) is 4.99. The number of halogens is 1. The van der Waals surface area contributed by atoms with Gasteiger partial charge >= 0.3 is 0 Å². The zero-order valence-electron chi connectivity index (χ0n) is 16.4. The molecule has 1 unspecified atom stereocenters. The Morgan fingerprint density at radius 2 is 2.07 bits per heavy atom. The Hall–Kier alpha value is -2.19. The first-order chi connectivity index (χ1) is 13.6. The second-order valence-corrected chi connectivity index (χ2v) is 7.07. The van der Waals surface area contributed by atoms with Gasteiger partial charge in [-0.25, -0.2) is 9.38 Å². The highest BCUT2D eigenvalue weighted by atomic mass is 19.1. The molecule has 2 aliphatic heterocycles. The van der Waals surface area contributed by atoms with Gasteiger partial charge in [-0.3, -0.25) is 4.79 Å². The molecule has 28 heavy (non-hydrogen) atoms. The standard InChI is InChI=1S/C20H29FN4O3/c1-2-22-20(23-13-15-5-6-17(21)16(12-15)14-26)25-9-7-24(8-10-25)19(27)18-4-3-11-28-18/h5-6,12,18,26H,2-4,7-11,13-14H2,1H3,(H,22,23). The van der Waals surface area contributed by atoms with E-state index in [1.165, 1.54) is 6.07 Å². The van der Waals surface area contributed by atoms with Gasteiger partial charge in [-0.15, -0.1) is 0 Å². The Labute approximate surface area is 165 Å². The van der Waals surface area contributed by atoms with Crippen LogP contribution < -0.4 is 5.32 Å². The fourth-order valence-electron chi connectivity index (χ4n) is 3.55. The Morgan fingerprint density at radius 3 is 2.71 bits per heavy atom. The van der Waals surface area contributed by atoms with Gasteiger partial charge in [0.1, 0.15) is 11.9 Å². The molecule has 0 spiro atoms. The summed E-state index contributed by atoms with van der Waals surface area (Å²) in [6.45, 7) is 6.19. The average molecular weight is 392 g/mol. The minimum atomic E-state index is -0.408. The van der Waals surface area contributed by atoms with E-state index < -0.39 is 5.82 Å². The lowest BCUT2D eigenvalue weighted by Crippen LogP contribution is -2.55. The van der Waals surface area contributed by atoms with Gasteiger partial charge in [0.15, 0.2) is 5.96 Å². The fraction of sp³-hybridized carbons (Fsp3) is 0.600. The number of hydrogen-bond acceptors (Lipinski definition) is 4. The number of amides is 1. The van der Waals surface area contributed by atoms with Gasteiger partial charge in [0.25, 0.3) is 5.91 Å². The molecular formula is C20H29FN4O3. The van der Waals surface area contributed by atoms with E-state index in [1.54, 1.807) is 12.1 Å². The lowest BCUT2D eigenvalue weighted by molar-refractivity contribution is -0.142. The molecule has 154 valence electrons. The van der Waals surface area contributed by atoms with Crippen LogP contribution in [0.2, 0.25) is 0 Å². The smallest absolute Gasteiger partial charge is 0.251 e. The Bertz CT molecular complexity index is 699. The van der Waals surface area contributed by atoms with E-state index >= 15 is 0 Å². The maximum Gasteiger partial charge on any atom is 0.251 e. The SMILES string of the molecule is CCNC(=NCc1ccc(F)c(CO)c1)N1CCN(C(=O)C2CCCO2)CC1. The Kier molecular flexibility index (Phi) is 7.22. The molecule has 1 aromatic rings. The number of carbonyl (C=O) groups is 1. The van der Waals surface area contributed by atoms with Gasteiger partial charge in [-0.1, -0.05) is 6.07 Å². The average Bonchev–Trinajstić information content (AvgIpc) is 3.26. The lowest BCUT2D eigenvalue weighted by Gasteiger charge is -2.37. The second kappa shape index (κ2) is 9.84. The van der Waals surface area contributed by atoms with Crippen molar-refractivity contribution in [3.8, 4) is 0 Å². The number of hydrogen-bond donors (Lipinski definition) is 2. The number of carbonyl (C=O) groups excluding carboxylic acids is 1. The summed E-state index contributed by atoms with van der Waals surface area (Å²) in [6.07, 6.45) is 1.50. The summed E-state index contributed by atoms with van der Waals surface area (Å²) in [6, 6.07) is 4.68. The number of nitrogens with zero attached hydrogens (tertiary/aromatic N) is 3. The molecule has 0 aliphatic carbocycles. The monoisotopic (exact) mass is 392 g/mol. The third-order valence-electron chi connectivity index (χ3n) is 5.12. The van der Waals surface area contributed by atoms with Crippen LogP contribution in [0.4, 0.5) is 4.39 Å². The number of aliphatic hydroxyl groups excluding tert-OH is 1. The van der Waals surface area contributed by atoms with Crippen LogP contribution in [0.5, 0.6) is 0 Å². The van der Waals surface area contributed by atoms with Gasteiger partial charge in [0.05, 0.1) is 13.2 Å².